The molecule has 0 unspecified atom stereocenters. The number of carbonyl (C=O) groups is 2. The van der Waals surface area contributed by atoms with Crippen LogP contribution in [0.3, 0.4) is 0 Å². The lowest BCUT2D eigenvalue weighted by Crippen LogP contribution is -2.55. The Hall–Kier alpha value is -3.07. The molecule has 2 aliphatic heterocycles. The third-order valence-corrected chi connectivity index (χ3v) is 8.56. The van der Waals surface area contributed by atoms with Crippen molar-refractivity contribution in [1.82, 2.24) is 9.21 Å². The van der Waals surface area contributed by atoms with Crippen molar-refractivity contribution in [2.75, 3.05) is 48.3 Å². The summed E-state index contributed by atoms with van der Waals surface area (Å²) >= 11 is 0. The van der Waals surface area contributed by atoms with Crippen molar-refractivity contribution in [1.29, 1.82) is 0 Å². The fraction of sp³-hybridized carbons (Fsp3) is 0.462. The second-order valence-electron chi connectivity index (χ2n) is 9.31. The molecule has 0 spiro atoms. The molecule has 8 nitrogen and oxygen atoms in total. The van der Waals surface area contributed by atoms with Gasteiger partial charge in [-0.1, -0.05) is 43.7 Å². The van der Waals surface area contributed by atoms with Gasteiger partial charge in [-0.25, -0.2) is 17.5 Å². The third-order valence-electron chi connectivity index (χ3n) is 6.78. The number of nitrogens with zero attached hydrogens (tertiary/aromatic N) is 4. The third kappa shape index (κ3) is 5.15. The number of aryl methyl sites for hydroxylation is 2. The Balaban J connectivity index is 1.54. The molecule has 2 aromatic carbocycles. The van der Waals surface area contributed by atoms with Gasteiger partial charge >= 0.3 is 6.03 Å². The van der Waals surface area contributed by atoms with Gasteiger partial charge in [-0.05, 0) is 49.6 Å². The molecule has 0 radical (unpaired) electrons. The molecule has 0 aliphatic carbocycles. The summed E-state index contributed by atoms with van der Waals surface area (Å²) in [6.45, 7) is 8.29. The normalized spacial score (nSPS) is 18.9. The highest BCUT2D eigenvalue weighted by Crippen LogP contribution is 2.29. The first-order chi connectivity index (χ1) is 16.7. The number of anilines is 2. The number of hydrogen-bond donors (Lipinski definition) is 0. The summed E-state index contributed by atoms with van der Waals surface area (Å²) in [7, 11) is -3.80. The monoisotopic (exact) mass is 498 g/mol. The van der Waals surface area contributed by atoms with Gasteiger partial charge in [-0.15, -0.1) is 0 Å². The van der Waals surface area contributed by atoms with E-state index in [-0.39, 0.29) is 18.2 Å². The van der Waals surface area contributed by atoms with Gasteiger partial charge in [0.1, 0.15) is 6.04 Å². The lowest BCUT2D eigenvalue weighted by Gasteiger charge is -2.38. The number of sulfonamides is 1. The van der Waals surface area contributed by atoms with Crippen LogP contribution in [0.25, 0.3) is 0 Å². The molecule has 0 saturated carbocycles. The van der Waals surface area contributed by atoms with Crippen molar-refractivity contribution in [3.63, 3.8) is 0 Å². The summed E-state index contributed by atoms with van der Waals surface area (Å²) < 4.78 is 26.8. The summed E-state index contributed by atoms with van der Waals surface area (Å²) in [6.07, 6.45) is 1.17. The van der Waals surface area contributed by atoms with Crippen molar-refractivity contribution in [3.05, 3.63) is 59.7 Å². The minimum atomic E-state index is -3.80. The summed E-state index contributed by atoms with van der Waals surface area (Å²) in [4.78, 5) is 32.4. The summed E-state index contributed by atoms with van der Waals surface area (Å²) in [5, 5.41) is 0. The molecule has 2 aromatic rings. The zero-order chi connectivity index (χ0) is 25.2. The van der Waals surface area contributed by atoms with Crippen LogP contribution in [0.2, 0.25) is 0 Å². The van der Waals surface area contributed by atoms with Crippen LogP contribution in [-0.2, 0) is 14.8 Å². The molecule has 2 fully saturated rings. The van der Waals surface area contributed by atoms with Crippen molar-refractivity contribution >= 4 is 33.3 Å². The van der Waals surface area contributed by atoms with E-state index in [1.807, 2.05) is 13.0 Å². The van der Waals surface area contributed by atoms with Crippen LogP contribution in [0.4, 0.5) is 16.2 Å². The van der Waals surface area contributed by atoms with Gasteiger partial charge in [-0.2, -0.15) is 0 Å². The van der Waals surface area contributed by atoms with Gasteiger partial charge in [0.15, 0.2) is 0 Å². The predicted molar refractivity (Wildman–Crippen MR) is 138 cm³/mol. The molecule has 0 N–H and O–H groups in total. The van der Waals surface area contributed by atoms with E-state index in [4.69, 9.17) is 0 Å². The number of urea groups is 1. The Morgan fingerprint density at radius 1 is 1.00 bits per heavy atom. The highest BCUT2D eigenvalue weighted by atomic mass is 32.2. The maximum absolute atomic E-state index is 13.7. The van der Waals surface area contributed by atoms with E-state index >= 15 is 0 Å². The van der Waals surface area contributed by atoms with E-state index in [2.05, 4.69) is 36.9 Å². The number of hydrogen-bond acceptors (Lipinski definition) is 5. The second kappa shape index (κ2) is 10.3. The molecule has 35 heavy (non-hydrogen) atoms. The Bertz CT molecular complexity index is 1180. The standard InChI is InChI=1S/C26H34N4O4S/c1-4-5-17-35(33,34)29-19-24(30(26(29)32)22-9-7-6-8-10-22)25(31)28-15-13-27(14-16-28)23-18-20(2)11-12-21(23)3/h6-12,18,24H,4-5,13-17,19H2,1-3H3/t24-/m0/s1. The maximum Gasteiger partial charge on any atom is 0.339 e. The van der Waals surface area contributed by atoms with Crippen LogP contribution < -0.4 is 9.80 Å². The number of amides is 3. The fourth-order valence-electron chi connectivity index (χ4n) is 4.75. The SMILES string of the molecule is CCCCS(=O)(=O)N1C[C@@H](C(=O)N2CCN(c3cc(C)ccc3C)CC2)N(c2ccccc2)C1=O. The number of piperazine rings is 1. The maximum atomic E-state index is 13.7. The fourth-order valence-corrected chi connectivity index (χ4v) is 6.31. The van der Waals surface area contributed by atoms with Crippen molar-refractivity contribution in [2.24, 2.45) is 0 Å². The van der Waals surface area contributed by atoms with E-state index < -0.39 is 22.1 Å². The zero-order valence-corrected chi connectivity index (χ0v) is 21.5. The van der Waals surface area contributed by atoms with Crippen molar-refractivity contribution < 1.29 is 18.0 Å². The number of benzene rings is 2. The highest BCUT2D eigenvalue weighted by Gasteiger charge is 2.48. The van der Waals surface area contributed by atoms with Crippen molar-refractivity contribution in [2.45, 2.75) is 39.7 Å². The lowest BCUT2D eigenvalue weighted by molar-refractivity contribution is -0.132. The average molecular weight is 499 g/mol. The molecule has 3 amide bonds. The molecule has 0 aromatic heterocycles. The first kappa shape index (κ1) is 25.0. The Morgan fingerprint density at radius 2 is 1.69 bits per heavy atom. The van der Waals surface area contributed by atoms with Crippen LogP contribution in [0.15, 0.2) is 48.5 Å². The second-order valence-corrected chi connectivity index (χ2v) is 11.3. The van der Waals surface area contributed by atoms with E-state index in [0.717, 1.165) is 4.31 Å². The predicted octanol–water partition coefficient (Wildman–Crippen LogP) is 3.39. The summed E-state index contributed by atoms with van der Waals surface area (Å²) in [5.74, 6) is -0.316. The first-order valence-corrected chi connectivity index (χ1v) is 13.8. The minimum absolute atomic E-state index is 0.104. The van der Waals surface area contributed by atoms with Crippen LogP contribution in [0.5, 0.6) is 0 Å². The molecule has 2 heterocycles. The van der Waals surface area contributed by atoms with E-state index in [9.17, 15) is 18.0 Å². The summed E-state index contributed by atoms with van der Waals surface area (Å²) in [5.41, 5.74) is 4.08. The van der Waals surface area contributed by atoms with Crippen LogP contribution in [-0.4, -0.2) is 74.1 Å². The molecule has 188 valence electrons. The van der Waals surface area contributed by atoms with Gasteiger partial charge in [0.05, 0.1) is 12.3 Å². The Morgan fingerprint density at radius 3 is 2.34 bits per heavy atom. The number of rotatable bonds is 7. The quantitative estimate of drug-likeness (QED) is 0.585. The number of para-hydroxylation sites is 1. The van der Waals surface area contributed by atoms with Crippen molar-refractivity contribution in [3.8, 4) is 0 Å². The van der Waals surface area contributed by atoms with Gasteiger partial charge in [-0.3, -0.25) is 9.69 Å². The number of carbonyl (C=O) groups excluding carboxylic acids is 2. The zero-order valence-electron chi connectivity index (χ0n) is 20.7. The van der Waals surface area contributed by atoms with Crippen LogP contribution in [0, 0.1) is 13.8 Å². The van der Waals surface area contributed by atoms with Gasteiger partial charge in [0.2, 0.25) is 15.9 Å². The van der Waals surface area contributed by atoms with Crippen LogP contribution >= 0.6 is 0 Å². The summed E-state index contributed by atoms with van der Waals surface area (Å²) in [6, 6.07) is 13.7. The molecule has 9 heteroatoms. The lowest BCUT2D eigenvalue weighted by atomic mass is 10.1. The van der Waals surface area contributed by atoms with Gasteiger partial charge in [0.25, 0.3) is 0 Å². The largest absolute Gasteiger partial charge is 0.368 e. The van der Waals surface area contributed by atoms with E-state index in [0.29, 0.717) is 44.7 Å². The van der Waals surface area contributed by atoms with E-state index in [1.165, 1.54) is 21.7 Å². The molecular formula is C26H34N4O4S. The molecule has 0 bridgehead atoms. The first-order valence-electron chi connectivity index (χ1n) is 12.2. The van der Waals surface area contributed by atoms with Crippen LogP contribution in [0.1, 0.15) is 30.9 Å². The minimum Gasteiger partial charge on any atom is -0.368 e. The number of unbranched alkanes of at least 4 members (excludes halogenated alkanes) is 1. The molecule has 1 atom stereocenters. The topological polar surface area (TPSA) is 81.2 Å². The highest BCUT2D eigenvalue weighted by molar-refractivity contribution is 7.89. The Labute approximate surface area is 208 Å². The van der Waals surface area contributed by atoms with Gasteiger partial charge in [0, 0.05) is 37.6 Å². The smallest absolute Gasteiger partial charge is 0.339 e. The van der Waals surface area contributed by atoms with E-state index in [1.54, 1.807) is 29.2 Å². The molecule has 2 saturated heterocycles. The average Bonchev–Trinajstić information content (AvgIpc) is 3.22. The Kier molecular flexibility index (Phi) is 7.35. The van der Waals surface area contributed by atoms with Gasteiger partial charge < -0.3 is 9.80 Å². The molecular weight excluding hydrogens is 464 g/mol. The molecule has 4 rings (SSSR count). The molecule has 2 aliphatic rings.